The summed E-state index contributed by atoms with van der Waals surface area (Å²) in [6, 6.07) is 9.78. The van der Waals surface area contributed by atoms with E-state index in [1.54, 1.807) is 0 Å². The van der Waals surface area contributed by atoms with Gasteiger partial charge in [-0.15, -0.1) is 0 Å². The zero-order valence-electron chi connectivity index (χ0n) is 16.6. The predicted molar refractivity (Wildman–Crippen MR) is 99.0 cm³/mol. The van der Waals surface area contributed by atoms with E-state index in [2.05, 4.69) is 0 Å². The Morgan fingerprint density at radius 3 is 2.61 bits per heavy atom. The second-order valence-corrected chi connectivity index (χ2v) is 8.95. The van der Waals surface area contributed by atoms with Gasteiger partial charge in [-0.1, -0.05) is 51.1 Å². The van der Waals surface area contributed by atoms with Crippen LogP contribution in [0.5, 0.6) is 0 Å². The van der Waals surface area contributed by atoms with Crippen molar-refractivity contribution in [3.63, 3.8) is 0 Å². The van der Waals surface area contributed by atoms with Crippen molar-refractivity contribution in [1.29, 1.82) is 0 Å². The van der Waals surface area contributed by atoms with Gasteiger partial charge in [0.25, 0.3) is 0 Å². The van der Waals surface area contributed by atoms with Gasteiger partial charge in [0.1, 0.15) is 18.4 Å². The number of carbonyl (C=O) groups excluding carboxylic acids is 2. The van der Waals surface area contributed by atoms with Crippen LogP contribution in [0.1, 0.15) is 38.9 Å². The van der Waals surface area contributed by atoms with Crippen molar-refractivity contribution in [3.8, 4) is 0 Å². The molecule has 7 heteroatoms. The number of nitrogens with zero attached hydrogens (tertiary/aromatic N) is 1. The van der Waals surface area contributed by atoms with Crippen molar-refractivity contribution in [2.75, 3.05) is 13.7 Å². The molecule has 1 amide bonds. The molecule has 4 rings (SSSR count). The number of epoxide rings is 1. The van der Waals surface area contributed by atoms with Gasteiger partial charge in [0.2, 0.25) is 5.91 Å². The van der Waals surface area contributed by atoms with Crippen LogP contribution in [0.3, 0.4) is 0 Å². The highest BCUT2D eigenvalue weighted by molar-refractivity contribution is 5.95. The van der Waals surface area contributed by atoms with Gasteiger partial charge >= 0.3 is 5.97 Å². The first-order valence-electron chi connectivity index (χ1n) is 9.63. The van der Waals surface area contributed by atoms with E-state index >= 15 is 0 Å². The van der Waals surface area contributed by atoms with Gasteiger partial charge < -0.3 is 19.3 Å². The summed E-state index contributed by atoms with van der Waals surface area (Å²) in [4.78, 5) is 27.4. The predicted octanol–water partition coefficient (Wildman–Crippen LogP) is 1.65. The first-order chi connectivity index (χ1) is 13.2. The SMILES string of the molecule is COC(=O)[C@]12CO[C@H](C(C)(C)C)N1C(=O)[C@@H](C[C@H]1O[C@@H]1c1ccccc1)[C@@H]2O. The van der Waals surface area contributed by atoms with Gasteiger partial charge in [0.15, 0.2) is 5.54 Å². The number of aliphatic hydroxyl groups is 1. The third-order valence-electron chi connectivity index (χ3n) is 6.03. The number of amides is 1. The summed E-state index contributed by atoms with van der Waals surface area (Å²) in [5.41, 5.74) is -0.861. The average molecular weight is 389 g/mol. The van der Waals surface area contributed by atoms with Crippen LogP contribution in [0.4, 0.5) is 0 Å². The Kier molecular flexibility index (Phi) is 4.52. The van der Waals surface area contributed by atoms with Crippen LogP contribution < -0.4 is 0 Å². The van der Waals surface area contributed by atoms with Gasteiger partial charge in [-0.05, 0) is 12.0 Å². The minimum Gasteiger partial charge on any atom is -0.467 e. The zero-order valence-corrected chi connectivity index (χ0v) is 16.6. The van der Waals surface area contributed by atoms with E-state index in [1.807, 2.05) is 51.1 Å². The van der Waals surface area contributed by atoms with Crippen molar-refractivity contribution in [2.24, 2.45) is 11.3 Å². The first kappa shape index (κ1) is 19.4. The Bertz CT molecular complexity index is 775. The van der Waals surface area contributed by atoms with Crippen LogP contribution >= 0.6 is 0 Å². The molecule has 1 aromatic carbocycles. The molecule has 3 aliphatic rings. The maximum absolute atomic E-state index is 13.3. The number of carbonyl (C=O) groups is 2. The monoisotopic (exact) mass is 389 g/mol. The molecule has 152 valence electrons. The number of hydrogen-bond acceptors (Lipinski definition) is 6. The van der Waals surface area contributed by atoms with Crippen LogP contribution in [0.25, 0.3) is 0 Å². The second-order valence-electron chi connectivity index (χ2n) is 8.95. The summed E-state index contributed by atoms with van der Waals surface area (Å²) in [7, 11) is 1.26. The van der Waals surface area contributed by atoms with Gasteiger partial charge in [0, 0.05) is 5.41 Å². The molecule has 3 aliphatic heterocycles. The van der Waals surface area contributed by atoms with Crippen LogP contribution in [0, 0.1) is 11.3 Å². The summed E-state index contributed by atoms with van der Waals surface area (Å²) in [5, 5.41) is 11.1. The molecular weight excluding hydrogens is 362 g/mol. The number of aliphatic hydroxyl groups excluding tert-OH is 1. The van der Waals surface area contributed by atoms with Gasteiger partial charge in [-0.25, -0.2) is 4.79 Å². The number of hydrogen-bond donors (Lipinski definition) is 1. The zero-order chi connectivity index (χ0) is 20.3. The fourth-order valence-corrected chi connectivity index (χ4v) is 4.58. The van der Waals surface area contributed by atoms with Gasteiger partial charge in [-0.3, -0.25) is 9.69 Å². The van der Waals surface area contributed by atoms with Gasteiger partial charge in [0.05, 0.1) is 25.7 Å². The van der Waals surface area contributed by atoms with E-state index in [4.69, 9.17) is 14.2 Å². The van der Waals surface area contributed by atoms with Crippen molar-refractivity contribution in [2.45, 2.75) is 57.3 Å². The van der Waals surface area contributed by atoms with Crippen LogP contribution in [-0.2, 0) is 23.8 Å². The molecule has 0 saturated carbocycles. The number of methoxy groups -OCH3 is 1. The maximum atomic E-state index is 13.3. The fourth-order valence-electron chi connectivity index (χ4n) is 4.58. The first-order valence-corrected chi connectivity index (χ1v) is 9.63. The van der Waals surface area contributed by atoms with Crippen molar-refractivity contribution in [1.82, 2.24) is 4.90 Å². The lowest BCUT2D eigenvalue weighted by atomic mass is 9.86. The van der Waals surface area contributed by atoms with E-state index in [-0.39, 0.29) is 24.7 Å². The average Bonchev–Trinajstić information content (AvgIpc) is 3.26. The molecule has 1 aromatic rings. The summed E-state index contributed by atoms with van der Waals surface area (Å²) in [5.74, 6) is -1.65. The molecule has 0 radical (unpaired) electrons. The number of esters is 1. The topological polar surface area (TPSA) is 88.6 Å². The van der Waals surface area contributed by atoms with E-state index in [0.29, 0.717) is 6.42 Å². The van der Waals surface area contributed by atoms with Crippen LogP contribution in [0.2, 0.25) is 0 Å². The summed E-state index contributed by atoms with van der Waals surface area (Å²) in [6.45, 7) is 5.74. The molecule has 3 saturated heterocycles. The Hall–Kier alpha value is -1.96. The Morgan fingerprint density at radius 2 is 2.00 bits per heavy atom. The standard InChI is InChI=1S/C21H27NO6/c1-20(2,3)18-22-17(24)13(16(23)21(22,11-27-18)19(25)26-4)10-14-15(28-14)12-8-6-5-7-9-12/h5-9,13-16,18,23H,10-11H2,1-4H3/t13-,14+,15+,16-,18+,21+/m0/s1. The Labute approximate surface area is 164 Å². The molecule has 3 fully saturated rings. The molecule has 0 aromatic heterocycles. The number of benzene rings is 1. The molecule has 0 unspecified atom stereocenters. The molecule has 3 heterocycles. The van der Waals surface area contributed by atoms with Crippen molar-refractivity contribution >= 4 is 11.9 Å². The maximum Gasteiger partial charge on any atom is 0.337 e. The van der Waals surface area contributed by atoms with E-state index < -0.39 is 35.2 Å². The molecule has 7 nitrogen and oxygen atoms in total. The molecule has 0 bridgehead atoms. The highest BCUT2D eigenvalue weighted by Gasteiger charge is 2.70. The largest absolute Gasteiger partial charge is 0.467 e. The minimum atomic E-state index is -1.49. The van der Waals surface area contributed by atoms with E-state index in [1.165, 1.54) is 12.0 Å². The molecule has 0 spiro atoms. The minimum absolute atomic E-state index is 0.0708. The fraction of sp³-hybridized carbons (Fsp3) is 0.619. The lowest BCUT2D eigenvalue weighted by Crippen LogP contribution is -2.59. The summed E-state index contributed by atoms with van der Waals surface area (Å²) in [6.07, 6.45) is -1.70. The van der Waals surface area contributed by atoms with E-state index in [0.717, 1.165) is 5.56 Å². The van der Waals surface area contributed by atoms with Crippen LogP contribution in [0.15, 0.2) is 30.3 Å². The molecular formula is C21H27NO6. The van der Waals surface area contributed by atoms with Crippen molar-refractivity contribution < 1.29 is 28.9 Å². The van der Waals surface area contributed by atoms with Gasteiger partial charge in [-0.2, -0.15) is 0 Å². The highest BCUT2D eigenvalue weighted by Crippen LogP contribution is 2.51. The highest BCUT2D eigenvalue weighted by atomic mass is 16.6. The summed E-state index contributed by atoms with van der Waals surface area (Å²) >= 11 is 0. The van der Waals surface area contributed by atoms with Crippen molar-refractivity contribution in [3.05, 3.63) is 35.9 Å². The third kappa shape index (κ3) is 2.76. The molecule has 1 N–H and O–H groups in total. The Morgan fingerprint density at radius 1 is 1.32 bits per heavy atom. The number of ether oxygens (including phenoxy) is 3. The molecule has 28 heavy (non-hydrogen) atoms. The molecule has 6 atom stereocenters. The second kappa shape index (κ2) is 6.54. The molecule has 0 aliphatic carbocycles. The van der Waals surface area contributed by atoms with Crippen LogP contribution in [-0.4, -0.2) is 59.6 Å². The summed E-state index contributed by atoms with van der Waals surface area (Å²) < 4.78 is 16.6. The normalized spacial score (nSPS) is 37.1. The lowest BCUT2D eigenvalue weighted by molar-refractivity contribution is -0.161. The quantitative estimate of drug-likeness (QED) is 0.622. The lowest BCUT2D eigenvalue weighted by Gasteiger charge is -2.36. The third-order valence-corrected chi connectivity index (χ3v) is 6.03. The van der Waals surface area contributed by atoms with E-state index in [9.17, 15) is 14.7 Å². The number of rotatable bonds is 4. The number of fused-ring (bicyclic) bond motifs is 1. The Balaban J connectivity index is 1.59. The smallest absolute Gasteiger partial charge is 0.337 e.